The topological polar surface area (TPSA) is 64.5 Å². The van der Waals surface area contributed by atoms with Crippen molar-refractivity contribution in [1.29, 1.82) is 0 Å². The van der Waals surface area contributed by atoms with Gasteiger partial charge in [0.15, 0.2) is 0 Å². The highest BCUT2D eigenvalue weighted by Crippen LogP contribution is 2.30. The number of carbonyl (C=O) groups excluding carboxylic acids is 1. The van der Waals surface area contributed by atoms with Crippen molar-refractivity contribution in [3.05, 3.63) is 39.9 Å². The van der Waals surface area contributed by atoms with Gasteiger partial charge in [0, 0.05) is 34.8 Å². The van der Waals surface area contributed by atoms with E-state index < -0.39 is 6.09 Å². The zero-order chi connectivity index (χ0) is 17.1. The number of ether oxygens (including phenoxy) is 2. The molecule has 0 radical (unpaired) electrons. The number of halogens is 2. The maximum Gasteiger partial charge on any atom is 0.416 e. The van der Waals surface area contributed by atoms with Gasteiger partial charge in [0.25, 0.3) is 0 Å². The normalized spacial score (nSPS) is 14.5. The van der Waals surface area contributed by atoms with Gasteiger partial charge in [0.05, 0.1) is 18.9 Å². The van der Waals surface area contributed by atoms with Crippen molar-refractivity contribution >= 4 is 29.3 Å². The second-order valence-electron chi connectivity index (χ2n) is 5.29. The van der Waals surface area contributed by atoms with Crippen LogP contribution in [0.15, 0.2) is 24.3 Å². The molecule has 6 nitrogen and oxygen atoms in total. The van der Waals surface area contributed by atoms with Gasteiger partial charge in [-0.25, -0.2) is 4.79 Å². The Morgan fingerprint density at radius 2 is 1.83 bits per heavy atom. The van der Waals surface area contributed by atoms with Gasteiger partial charge in [-0.05, 0) is 30.7 Å². The number of hydrogen-bond donors (Lipinski definition) is 0. The van der Waals surface area contributed by atoms with E-state index in [1.54, 1.807) is 29.2 Å². The highest BCUT2D eigenvalue weighted by atomic mass is 35.5. The number of aromatic nitrogens is 2. The van der Waals surface area contributed by atoms with Gasteiger partial charge >= 0.3 is 6.09 Å². The van der Waals surface area contributed by atoms with Crippen molar-refractivity contribution in [3.63, 3.8) is 0 Å². The van der Waals surface area contributed by atoms with Gasteiger partial charge in [-0.2, -0.15) is 0 Å². The van der Waals surface area contributed by atoms with Crippen LogP contribution in [0.1, 0.15) is 5.56 Å². The summed E-state index contributed by atoms with van der Waals surface area (Å²) in [6, 6.07) is 6.83. The van der Waals surface area contributed by atoms with Crippen LogP contribution in [-0.2, 0) is 4.74 Å². The number of carbonyl (C=O) groups is 1. The Balaban J connectivity index is 1.72. The molecule has 2 heterocycles. The van der Waals surface area contributed by atoms with Crippen molar-refractivity contribution in [3.8, 4) is 17.1 Å². The molecule has 0 aliphatic carbocycles. The van der Waals surface area contributed by atoms with E-state index in [0.29, 0.717) is 42.0 Å². The fraction of sp³-hybridized carbons (Fsp3) is 0.312. The summed E-state index contributed by atoms with van der Waals surface area (Å²) in [4.78, 5) is 13.6. The third kappa shape index (κ3) is 3.77. The Kier molecular flexibility index (Phi) is 5.18. The summed E-state index contributed by atoms with van der Waals surface area (Å²) in [6.45, 7) is 3.87. The minimum absolute atomic E-state index is 0.138. The maximum atomic E-state index is 12.0. The minimum atomic E-state index is -0.457. The molecule has 0 N–H and O–H groups in total. The lowest BCUT2D eigenvalue weighted by atomic mass is 10.1. The maximum absolute atomic E-state index is 12.0. The van der Waals surface area contributed by atoms with Gasteiger partial charge in [-0.3, -0.25) is 0 Å². The molecule has 1 aromatic carbocycles. The standard InChI is InChI=1S/C16H15Cl2N3O3/c1-10-12(17)8-11(9-13(10)18)14-2-3-15(20-19-14)24-16(22)21-4-6-23-7-5-21/h2-3,8-9H,4-7H2,1H3. The Bertz CT molecular complexity index is 724. The molecular formula is C16H15Cl2N3O3. The molecule has 3 rings (SSSR count). The Hall–Kier alpha value is -1.89. The summed E-state index contributed by atoms with van der Waals surface area (Å²) in [5.74, 6) is 0.138. The molecule has 0 bridgehead atoms. The largest absolute Gasteiger partial charge is 0.416 e. The van der Waals surface area contributed by atoms with E-state index >= 15 is 0 Å². The van der Waals surface area contributed by atoms with E-state index in [2.05, 4.69) is 10.2 Å². The van der Waals surface area contributed by atoms with Crippen LogP contribution < -0.4 is 4.74 Å². The molecule has 1 fully saturated rings. The average Bonchev–Trinajstić information content (AvgIpc) is 2.60. The Labute approximate surface area is 149 Å². The van der Waals surface area contributed by atoms with E-state index in [-0.39, 0.29) is 5.88 Å². The van der Waals surface area contributed by atoms with Crippen LogP contribution in [-0.4, -0.2) is 47.5 Å². The molecule has 1 saturated heterocycles. The minimum Gasteiger partial charge on any atom is -0.389 e. The van der Waals surface area contributed by atoms with Crippen molar-refractivity contribution in [2.45, 2.75) is 6.92 Å². The number of rotatable bonds is 2. The first-order chi connectivity index (χ1) is 11.5. The summed E-state index contributed by atoms with van der Waals surface area (Å²) < 4.78 is 10.4. The average molecular weight is 368 g/mol. The highest BCUT2D eigenvalue weighted by molar-refractivity contribution is 6.36. The lowest BCUT2D eigenvalue weighted by Gasteiger charge is -2.25. The lowest BCUT2D eigenvalue weighted by molar-refractivity contribution is 0.0411. The second-order valence-corrected chi connectivity index (χ2v) is 6.10. The number of hydrogen-bond acceptors (Lipinski definition) is 5. The summed E-state index contributed by atoms with van der Waals surface area (Å²) in [7, 11) is 0. The van der Waals surface area contributed by atoms with Crippen molar-refractivity contribution in [1.82, 2.24) is 15.1 Å². The fourth-order valence-electron chi connectivity index (χ4n) is 2.22. The smallest absolute Gasteiger partial charge is 0.389 e. The van der Waals surface area contributed by atoms with Crippen LogP contribution in [0.25, 0.3) is 11.3 Å². The predicted octanol–water partition coefficient (Wildman–Crippen LogP) is 3.59. The predicted molar refractivity (Wildman–Crippen MR) is 90.6 cm³/mol. The molecule has 0 saturated carbocycles. The quantitative estimate of drug-likeness (QED) is 0.811. The third-order valence-electron chi connectivity index (χ3n) is 3.68. The van der Waals surface area contributed by atoms with E-state index in [1.807, 2.05) is 6.92 Å². The van der Waals surface area contributed by atoms with Crippen molar-refractivity contribution in [2.75, 3.05) is 26.3 Å². The molecule has 2 aromatic rings. The van der Waals surface area contributed by atoms with Crippen LogP contribution in [0.3, 0.4) is 0 Å². The summed E-state index contributed by atoms with van der Waals surface area (Å²) >= 11 is 12.3. The molecule has 1 aliphatic heterocycles. The van der Waals surface area contributed by atoms with Crippen molar-refractivity contribution < 1.29 is 14.3 Å². The molecule has 126 valence electrons. The molecule has 1 aromatic heterocycles. The molecule has 8 heteroatoms. The summed E-state index contributed by atoms with van der Waals surface area (Å²) in [5, 5.41) is 9.12. The molecule has 0 spiro atoms. The molecular weight excluding hydrogens is 353 g/mol. The molecule has 24 heavy (non-hydrogen) atoms. The van der Waals surface area contributed by atoms with Gasteiger partial charge in [-0.1, -0.05) is 23.2 Å². The second kappa shape index (κ2) is 7.34. The third-order valence-corrected chi connectivity index (χ3v) is 4.46. The van der Waals surface area contributed by atoms with Crippen molar-refractivity contribution in [2.24, 2.45) is 0 Å². The van der Waals surface area contributed by atoms with E-state index in [0.717, 1.165) is 11.1 Å². The zero-order valence-electron chi connectivity index (χ0n) is 13.0. The fourth-order valence-corrected chi connectivity index (χ4v) is 2.71. The van der Waals surface area contributed by atoms with Gasteiger partial charge < -0.3 is 14.4 Å². The van der Waals surface area contributed by atoms with Gasteiger partial charge in [0.1, 0.15) is 0 Å². The van der Waals surface area contributed by atoms with E-state index in [1.165, 1.54) is 0 Å². The van der Waals surface area contributed by atoms with Gasteiger partial charge in [-0.15, -0.1) is 10.2 Å². The number of benzene rings is 1. The highest BCUT2D eigenvalue weighted by Gasteiger charge is 2.19. The summed E-state index contributed by atoms with van der Waals surface area (Å²) in [6.07, 6.45) is -0.457. The first-order valence-corrected chi connectivity index (χ1v) is 8.14. The first-order valence-electron chi connectivity index (χ1n) is 7.39. The van der Waals surface area contributed by atoms with Crippen LogP contribution in [0.5, 0.6) is 5.88 Å². The number of morpholine rings is 1. The first kappa shape index (κ1) is 17.0. The van der Waals surface area contributed by atoms with Crippen LogP contribution in [0, 0.1) is 6.92 Å². The number of nitrogens with zero attached hydrogens (tertiary/aromatic N) is 3. The zero-order valence-corrected chi connectivity index (χ0v) is 14.5. The lowest BCUT2D eigenvalue weighted by Crippen LogP contribution is -2.42. The molecule has 0 atom stereocenters. The Morgan fingerprint density at radius 1 is 1.17 bits per heavy atom. The summed E-state index contributed by atoms with van der Waals surface area (Å²) in [5.41, 5.74) is 2.14. The molecule has 0 unspecified atom stereocenters. The monoisotopic (exact) mass is 367 g/mol. The van der Waals surface area contributed by atoms with Crippen LogP contribution in [0.2, 0.25) is 10.0 Å². The molecule has 1 aliphatic rings. The SMILES string of the molecule is Cc1c(Cl)cc(-c2ccc(OC(=O)N3CCOCC3)nn2)cc1Cl. The van der Waals surface area contributed by atoms with Crippen LogP contribution in [0.4, 0.5) is 4.79 Å². The molecule has 1 amide bonds. The Morgan fingerprint density at radius 3 is 2.42 bits per heavy atom. The number of amides is 1. The van der Waals surface area contributed by atoms with E-state index in [4.69, 9.17) is 32.7 Å². The van der Waals surface area contributed by atoms with E-state index in [9.17, 15) is 4.79 Å². The van der Waals surface area contributed by atoms with Gasteiger partial charge in [0.2, 0.25) is 5.88 Å². The van der Waals surface area contributed by atoms with Crippen LogP contribution >= 0.6 is 23.2 Å².